The van der Waals surface area contributed by atoms with E-state index in [9.17, 15) is 0 Å². The van der Waals surface area contributed by atoms with Crippen molar-refractivity contribution in [1.29, 1.82) is 0 Å². The first kappa shape index (κ1) is 40.7. The van der Waals surface area contributed by atoms with Crippen LogP contribution in [0.5, 0.6) is 0 Å². The van der Waals surface area contributed by atoms with Gasteiger partial charge in [0.2, 0.25) is 0 Å². The first-order chi connectivity index (χ1) is 33.8. The van der Waals surface area contributed by atoms with Crippen LogP contribution < -0.4 is 4.90 Å². The highest BCUT2D eigenvalue weighted by atomic mass is 15.1. The van der Waals surface area contributed by atoms with Gasteiger partial charge >= 0.3 is 0 Å². The van der Waals surface area contributed by atoms with Crippen molar-refractivity contribution in [2.75, 3.05) is 4.90 Å². The molecule has 0 amide bonds. The van der Waals surface area contributed by atoms with E-state index in [1.807, 2.05) is 0 Å². The molecule has 0 spiro atoms. The number of nitrogens with zero attached hydrogens (tertiary/aromatic N) is 1. The van der Waals surface area contributed by atoms with Crippen LogP contribution >= 0.6 is 0 Å². The van der Waals surface area contributed by atoms with E-state index < -0.39 is 5.41 Å². The fraction of sp³-hybridized carbons (Fsp3) is 0.0149. The molecule has 0 unspecified atom stereocenters. The summed E-state index contributed by atoms with van der Waals surface area (Å²) in [6.07, 6.45) is 0. The molecule has 12 rings (SSSR count). The van der Waals surface area contributed by atoms with Crippen molar-refractivity contribution in [2.24, 2.45) is 0 Å². The Morgan fingerprint density at radius 2 is 0.662 bits per heavy atom. The van der Waals surface area contributed by atoms with Crippen LogP contribution in [0, 0.1) is 0 Å². The molecule has 0 N–H and O–H groups in total. The largest absolute Gasteiger partial charge is 0.310 e. The van der Waals surface area contributed by atoms with Gasteiger partial charge in [-0.3, -0.25) is 0 Å². The molecule has 0 atom stereocenters. The van der Waals surface area contributed by atoms with Crippen LogP contribution in [0.2, 0.25) is 0 Å². The number of hydrogen-bond donors (Lipinski definition) is 0. The van der Waals surface area contributed by atoms with E-state index in [0.29, 0.717) is 0 Å². The fourth-order valence-electron chi connectivity index (χ4n) is 10.7. The van der Waals surface area contributed by atoms with Crippen LogP contribution in [0.15, 0.2) is 285 Å². The predicted octanol–water partition coefficient (Wildman–Crippen LogP) is 17.9. The molecule has 0 fully saturated rings. The number of rotatable bonds is 10. The second-order valence-corrected chi connectivity index (χ2v) is 17.6. The van der Waals surface area contributed by atoms with Gasteiger partial charge in [-0.2, -0.15) is 0 Å². The lowest BCUT2D eigenvalue weighted by Gasteiger charge is -2.35. The van der Waals surface area contributed by atoms with Gasteiger partial charge in [-0.1, -0.05) is 249 Å². The summed E-state index contributed by atoms with van der Waals surface area (Å²) < 4.78 is 0. The first-order valence-corrected chi connectivity index (χ1v) is 23.5. The zero-order valence-corrected chi connectivity index (χ0v) is 37.6. The first-order valence-electron chi connectivity index (χ1n) is 23.5. The van der Waals surface area contributed by atoms with E-state index in [1.165, 1.54) is 77.9 Å². The van der Waals surface area contributed by atoms with E-state index in [1.54, 1.807) is 0 Å². The van der Waals surface area contributed by atoms with Gasteiger partial charge in [0.15, 0.2) is 0 Å². The molecule has 0 aromatic heterocycles. The van der Waals surface area contributed by atoms with Crippen LogP contribution in [0.1, 0.15) is 22.3 Å². The van der Waals surface area contributed by atoms with E-state index in [4.69, 9.17) is 0 Å². The van der Waals surface area contributed by atoms with Gasteiger partial charge in [0, 0.05) is 16.9 Å². The summed E-state index contributed by atoms with van der Waals surface area (Å²) in [5.74, 6) is 0. The molecule has 320 valence electrons. The van der Waals surface area contributed by atoms with Crippen LogP contribution in [0.3, 0.4) is 0 Å². The topological polar surface area (TPSA) is 3.24 Å². The number of fused-ring (bicyclic) bond motifs is 3. The molecular weight excluding hydrogens is 819 g/mol. The minimum atomic E-state index is -0.557. The minimum absolute atomic E-state index is 0.557. The lowest BCUT2D eigenvalue weighted by molar-refractivity contribution is 0.768. The van der Waals surface area contributed by atoms with Gasteiger partial charge < -0.3 is 4.90 Å². The molecule has 1 aliphatic rings. The maximum absolute atomic E-state index is 2.50. The van der Waals surface area contributed by atoms with Crippen LogP contribution in [-0.2, 0) is 5.41 Å². The third kappa shape index (κ3) is 7.05. The molecule has 1 aliphatic carbocycles. The molecule has 1 nitrogen and oxygen atoms in total. The van der Waals surface area contributed by atoms with Crippen molar-refractivity contribution >= 4 is 17.1 Å². The van der Waals surface area contributed by atoms with E-state index >= 15 is 0 Å². The summed E-state index contributed by atoms with van der Waals surface area (Å²) in [6, 6.07) is 104. The van der Waals surface area contributed by atoms with Gasteiger partial charge in [-0.15, -0.1) is 0 Å². The molecule has 68 heavy (non-hydrogen) atoms. The maximum atomic E-state index is 2.50. The van der Waals surface area contributed by atoms with Crippen molar-refractivity contribution in [1.82, 2.24) is 0 Å². The molecule has 0 saturated carbocycles. The highest BCUT2D eigenvalue weighted by Crippen LogP contribution is 2.58. The average Bonchev–Trinajstić information content (AvgIpc) is 3.73. The van der Waals surface area contributed by atoms with Crippen LogP contribution in [0.25, 0.3) is 66.8 Å². The van der Waals surface area contributed by atoms with Crippen molar-refractivity contribution in [3.05, 3.63) is 307 Å². The zero-order chi connectivity index (χ0) is 45.3. The summed E-state index contributed by atoms with van der Waals surface area (Å²) >= 11 is 0. The Labute approximate surface area is 399 Å². The number of hydrogen-bond acceptors (Lipinski definition) is 1. The third-order valence-corrected chi connectivity index (χ3v) is 13.8. The standard InChI is InChI=1S/C67H47N/c1-6-22-48(23-7-1)52-28-20-29-53(46-52)49-40-42-56(43-41-49)68(65-39-21-37-59(51-26-10-3-11-27-51)66(65)62-36-17-16-34-58(62)50-24-8-2-9-25-50)57-44-45-61-60-35-18-19-38-63(60)67(64(61)47-57,54-30-12-4-13-31-54)55-32-14-5-15-33-55/h1-47H. The third-order valence-electron chi connectivity index (χ3n) is 13.8. The predicted molar refractivity (Wildman–Crippen MR) is 286 cm³/mol. The zero-order valence-electron chi connectivity index (χ0n) is 37.6. The maximum Gasteiger partial charge on any atom is 0.0714 e. The Morgan fingerprint density at radius 3 is 1.28 bits per heavy atom. The second-order valence-electron chi connectivity index (χ2n) is 17.6. The molecule has 0 saturated heterocycles. The average molecular weight is 866 g/mol. The van der Waals surface area contributed by atoms with Crippen molar-refractivity contribution in [3.8, 4) is 66.8 Å². The van der Waals surface area contributed by atoms with Crippen molar-refractivity contribution in [2.45, 2.75) is 5.41 Å². The molecule has 0 aliphatic heterocycles. The Morgan fingerprint density at radius 1 is 0.235 bits per heavy atom. The van der Waals surface area contributed by atoms with Crippen molar-refractivity contribution in [3.63, 3.8) is 0 Å². The summed E-state index contributed by atoms with van der Waals surface area (Å²) in [4.78, 5) is 2.50. The minimum Gasteiger partial charge on any atom is -0.310 e. The van der Waals surface area contributed by atoms with E-state index in [-0.39, 0.29) is 0 Å². The lowest BCUT2D eigenvalue weighted by Crippen LogP contribution is -2.28. The SMILES string of the molecule is c1ccc(-c2cccc(-c3ccc(N(c4ccc5c(c4)C(c4ccccc4)(c4ccccc4)c4ccccc4-5)c4cccc(-c5ccccc5)c4-c4ccccc4-c4ccccc4)cc3)c2)cc1. The lowest BCUT2D eigenvalue weighted by atomic mass is 9.67. The number of benzene rings is 11. The highest BCUT2D eigenvalue weighted by molar-refractivity contribution is 6.02. The quantitative estimate of drug-likeness (QED) is 0.132. The monoisotopic (exact) mass is 865 g/mol. The van der Waals surface area contributed by atoms with Gasteiger partial charge in [-0.25, -0.2) is 0 Å². The van der Waals surface area contributed by atoms with Crippen molar-refractivity contribution < 1.29 is 0 Å². The number of anilines is 3. The summed E-state index contributed by atoms with van der Waals surface area (Å²) in [6.45, 7) is 0. The van der Waals surface area contributed by atoms with Gasteiger partial charge in [0.25, 0.3) is 0 Å². The molecule has 11 aromatic carbocycles. The molecular formula is C67H47N. The second kappa shape index (κ2) is 17.5. The smallest absolute Gasteiger partial charge is 0.0714 e. The summed E-state index contributed by atoms with van der Waals surface area (Å²) in [5.41, 5.74) is 22.0. The van der Waals surface area contributed by atoms with E-state index in [0.717, 1.165) is 28.2 Å². The Balaban J connectivity index is 1.13. The molecule has 1 heteroatoms. The van der Waals surface area contributed by atoms with Gasteiger partial charge in [0.1, 0.15) is 0 Å². The normalized spacial score (nSPS) is 12.2. The Bertz CT molecular complexity index is 3490. The van der Waals surface area contributed by atoms with Crippen LogP contribution in [-0.4, -0.2) is 0 Å². The molecule has 11 aromatic rings. The Kier molecular flexibility index (Phi) is 10.5. The van der Waals surface area contributed by atoms with Gasteiger partial charge in [0.05, 0.1) is 11.1 Å². The van der Waals surface area contributed by atoms with E-state index in [2.05, 4.69) is 290 Å². The summed E-state index contributed by atoms with van der Waals surface area (Å²) in [5, 5.41) is 0. The molecule has 0 bridgehead atoms. The molecule has 0 radical (unpaired) electrons. The highest BCUT2D eigenvalue weighted by Gasteiger charge is 2.46. The van der Waals surface area contributed by atoms with Crippen LogP contribution in [0.4, 0.5) is 17.1 Å². The fourth-order valence-corrected chi connectivity index (χ4v) is 10.7. The molecule has 0 heterocycles. The Hall–Kier alpha value is -8.78. The van der Waals surface area contributed by atoms with Gasteiger partial charge in [-0.05, 0) is 120 Å². The summed E-state index contributed by atoms with van der Waals surface area (Å²) in [7, 11) is 0.